The summed E-state index contributed by atoms with van der Waals surface area (Å²) in [6.45, 7) is 2.29. The average molecular weight is 368 g/mol. The van der Waals surface area contributed by atoms with Crippen molar-refractivity contribution < 1.29 is 0 Å². The molecular formula is C21H37NS2. The molecule has 0 saturated carbocycles. The molecule has 138 valence electrons. The first-order valence-electron chi connectivity index (χ1n) is 10.1. The summed E-state index contributed by atoms with van der Waals surface area (Å²) in [7, 11) is 3.76. The Kier molecular flexibility index (Phi) is 16.1. The van der Waals surface area contributed by atoms with Gasteiger partial charge in [-0.25, -0.2) is 4.98 Å². The van der Waals surface area contributed by atoms with Gasteiger partial charge in [0, 0.05) is 11.9 Å². The van der Waals surface area contributed by atoms with E-state index in [1.54, 1.807) is 0 Å². The normalized spacial score (nSPS) is 11.0. The highest BCUT2D eigenvalue weighted by Crippen LogP contribution is 2.29. The van der Waals surface area contributed by atoms with Crippen molar-refractivity contribution >= 4 is 21.6 Å². The average Bonchev–Trinajstić information content (AvgIpc) is 2.62. The van der Waals surface area contributed by atoms with Gasteiger partial charge in [-0.2, -0.15) is 0 Å². The zero-order chi connectivity index (χ0) is 17.1. The molecule has 0 unspecified atom stereocenters. The van der Waals surface area contributed by atoms with Crippen LogP contribution >= 0.6 is 21.6 Å². The van der Waals surface area contributed by atoms with E-state index in [1.165, 1.54) is 95.6 Å². The van der Waals surface area contributed by atoms with Crippen LogP contribution in [0.3, 0.4) is 0 Å². The predicted octanol–water partition coefficient (Wildman–Crippen LogP) is 8.30. The molecule has 1 nitrogen and oxygen atoms in total. The van der Waals surface area contributed by atoms with Gasteiger partial charge in [0.05, 0.1) is 0 Å². The number of nitrogens with zero attached hydrogens (tertiary/aromatic N) is 1. The molecule has 0 bridgehead atoms. The van der Waals surface area contributed by atoms with Crippen molar-refractivity contribution in [2.75, 3.05) is 5.75 Å². The van der Waals surface area contributed by atoms with Crippen LogP contribution < -0.4 is 0 Å². The van der Waals surface area contributed by atoms with Crippen molar-refractivity contribution in [3.63, 3.8) is 0 Å². The Morgan fingerprint density at radius 2 is 1.25 bits per heavy atom. The minimum absolute atomic E-state index is 1.13. The van der Waals surface area contributed by atoms with Gasteiger partial charge in [0.1, 0.15) is 5.03 Å². The molecule has 0 radical (unpaired) electrons. The highest BCUT2D eigenvalue weighted by atomic mass is 33.1. The van der Waals surface area contributed by atoms with Crippen molar-refractivity contribution in [2.45, 2.75) is 102 Å². The fourth-order valence-corrected chi connectivity index (χ4v) is 4.88. The molecule has 0 fully saturated rings. The van der Waals surface area contributed by atoms with Gasteiger partial charge < -0.3 is 0 Å². The molecule has 0 spiro atoms. The van der Waals surface area contributed by atoms with Gasteiger partial charge in [0.15, 0.2) is 0 Å². The van der Waals surface area contributed by atoms with Gasteiger partial charge in [-0.3, -0.25) is 0 Å². The third kappa shape index (κ3) is 14.2. The van der Waals surface area contributed by atoms with E-state index in [-0.39, 0.29) is 0 Å². The van der Waals surface area contributed by atoms with Crippen molar-refractivity contribution in [2.24, 2.45) is 0 Å². The quantitative estimate of drug-likeness (QED) is 0.203. The molecule has 0 atom stereocenters. The van der Waals surface area contributed by atoms with Crippen LogP contribution in [0, 0.1) is 0 Å². The second-order valence-corrected chi connectivity index (χ2v) is 9.11. The van der Waals surface area contributed by atoms with Gasteiger partial charge in [0.2, 0.25) is 0 Å². The van der Waals surface area contributed by atoms with Crippen LogP contribution in [-0.4, -0.2) is 10.7 Å². The largest absolute Gasteiger partial charge is 0.249 e. The smallest absolute Gasteiger partial charge is 0.106 e. The third-order valence-electron chi connectivity index (χ3n) is 4.36. The molecule has 3 heteroatoms. The molecule has 0 N–H and O–H groups in total. The molecule has 0 aliphatic carbocycles. The zero-order valence-electron chi connectivity index (χ0n) is 15.7. The minimum atomic E-state index is 1.13. The van der Waals surface area contributed by atoms with Gasteiger partial charge in [-0.1, -0.05) is 107 Å². The van der Waals surface area contributed by atoms with Gasteiger partial charge in [0.25, 0.3) is 0 Å². The van der Waals surface area contributed by atoms with Gasteiger partial charge in [-0.15, -0.1) is 0 Å². The van der Waals surface area contributed by atoms with Crippen LogP contribution in [0.2, 0.25) is 0 Å². The van der Waals surface area contributed by atoms with Crippen molar-refractivity contribution in [1.29, 1.82) is 0 Å². The second kappa shape index (κ2) is 17.7. The molecule has 0 aliphatic heterocycles. The summed E-state index contributed by atoms with van der Waals surface area (Å²) < 4.78 is 0. The maximum Gasteiger partial charge on any atom is 0.106 e. The molecule has 0 amide bonds. The van der Waals surface area contributed by atoms with E-state index in [4.69, 9.17) is 0 Å². The number of unbranched alkanes of at least 4 members (excludes halogenated alkanes) is 13. The molecule has 0 aliphatic rings. The van der Waals surface area contributed by atoms with Gasteiger partial charge >= 0.3 is 0 Å². The summed E-state index contributed by atoms with van der Waals surface area (Å²) in [5.74, 6) is 1.25. The Hall–Kier alpha value is -0.150. The lowest BCUT2D eigenvalue weighted by Gasteiger charge is -2.03. The molecule has 1 aromatic heterocycles. The number of pyridine rings is 1. The number of hydrogen-bond donors (Lipinski definition) is 0. The first-order valence-corrected chi connectivity index (χ1v) is 12.5. The summed E-state index contributed by atoms with van der Waals surface area (Å²) in [6, 6.07) is 6.12. The first kappa shape index (κ1) is 21.9. The zero-order valence-corrected chi connectivity index (χ0v) is 17.3. The molecule has 1 rings (SSSR count). The fraction of sp³-hybridized carbons (Fsp3) is 0.762. The summed E-state index contributed by atoms with van der Waals surface area (Å²) in [6.07, 6.45) is 22.0. The molecule has 1 heterocycles. The summed E-state index contributed by atoms with van der Waals surface area (Å²) in [5.41, 5.74) is 0. The molecule has 1 aromatic rings. The SMILES string of the molecule is CCCCCCCCCCCCCCCCSSc1ccccn1. The van der Waals surface area contributed by atoms with Crippen LogP contribution in [0.25, 0.3) is 0 Å². The van der Waals surface area contributed by atoms with Crippen LogP contribution in [0.4, 0.5) is 0 Å². The predicted molar refractivity (Wildman–Crippen MR) is 113 cm³/mol. The van der Waals surface area contributed by atoms with E-state index in [0.29, 0.717) is 0 Å². The van der Waals surface area contributed by atoms with E-state index < -0.39 is 0 Å². The van der Waals surface area contributed by atoms with E-state index in [2.05, 4.69) is 24.0 Å². The lowest BCUT2D eigenvalue weighted by Crippen LogP contribution is -1.84. The van der Waals surface area contributed by atoms with E-state index in [9.17, 15) is 0 Å². The van der Waals surface area contributed by atoms with E-state index in [1.807, 2.05) is 33.9 Å². The minimum Gasteiger partial charge on any atom is -0.249 e. The maximum absolute atomic E-state index is 4.33. The van der Waals surface area contributed by atoms with Crippen molar-refractivity contribution in [3.8, 4) is 0 Å². The lowest BCUT2D eigenvalue weighted by atomic mass is 10.0. The Labute approximate surface area is 158 Å². The maximum atomic E-state index is 4.33. The number of hydrogen-bond acceptors (Lipinski definition) is 3. The highest BCUT2D eigenvalue weighted by molar-refractivity contribution is 8.76. The van der Waals surface area contributed by atoms with E-state index >= 15 is 0 Å². The van der Waals surface area contributed by atoms with Crippen LogP contribution in [0.15, 0.2) is 29.4 Å². The molecular weight excluding hydrogens is 330 g/mol. The topological polar surface area (TPSA) is 12.9 Å². The fourth-order valence-electron chi connectivity index (χ4n) is 2.85. The third-order valence-corrected chi connectivity index (χ3v) is 6.71. The number of rotatable bonds is 17. The Morgan fingerprint density at radius 1 is 0.708 bits per heavy atom. The lowest BCUT2D eigenvalue weighted by molar-refractivity contribution is 0.538. The van der Waals surface area contributed by atoms with Crippen molar-refractivity contribution in [1.82, 2.24) is 4.98 Å². The Morgan fingerprint density at radius 3 is 1.75 bits per heavy atom. The summed E-state index contributed by atoms with van der Waals surface area (Å²) >= 11 is 0. The van der Waals surface area contributed by atoms with Gasteiger partial charge in [-0.05, 0) is 29.3 Å². The molecule has 0 aromatic carbocycles. The standard InChI is InChI=1S/C21H37NS2/c1-2-3-4-5-6-7-8-9-10-11-12-13-14-17-20-23-24-21-18-15-16-19-22-21/h15-16,18-19H,2-14,17,20H2,1H3. The second-order valence-electron chi connectivity index (χ2n) is 6.67. The van der Waals surface area contributed by atoms with Crippen LogP contribution in [0.5, 0.6) is 0 Å². The molecule has 24 heavy (non-hydrogen) atoms. The van der Waals surface area contributed by atoms with E-state index in [0.717, 1.165) is 5.03 Å². The Balaban J connectivity index is 1.70. The number of aromatic nitrogens is 1. The van der Waals surface area contributed by atoms with Crippen molar-refractivity contribution in [3.05, 3.63) is 24.4 Å². The first-order chi connectivity index (χ1) is 11.9. The monoisotopic (exact) mass is 367 g/mol. The Bertz CT molecular complexity index is 356. The molecule has 0 saturated heterocycles. The summed E-state index contributed by atoms with van der Waals surface area (Å²) in [4.78, 5) is 4.33. The van der Waals surface area contributed by atoms with Crippen LogP contribution in [-0.2, 0) is 0 Å². The summed E-state index contributed by atoms with van der Waals surface area (Å²) in [5, 5.41) is 1.13. The van der Waals surface area contributed by atoms with Crippen LogP contribution in [0.1, 0.15) is 96.8 Å². The highest BCUT2D eigenvalue weighted by Gasteiger charge is 1.96.